The summed E-state index contributed by atoms with van der Waals surface area (Å²) in [4.78, 5) is 24.7. The van der Waals surface area contributed by atoms with E-state index in [1.54, 1.807) is 11.8 Å². The van der Waals surface area contributed by atoms with Crippen LogP contribution in [-0.2, 0) is 14.3 Å². The molecule has 1 unspecified atom stereocenters. The fraction of sp³-hybridized carbons (Fsp3) is 0.857. The van der Waals surface area contributed by atoms with Crippen molar-refractivity contribution in [2.75, 3.05) is 19.7 Å². The van der Waals surface area contributed by atoms with Crippen LogP contribution >= 0.6 is 0 Å². The van der Waals surface area contributed by atoms with Crippen molar-refractivity contribution in [1.29, 1.82) is 0 Å². The van der Waals surface area contributed by atoms with Crippen molar-refractivity contribution in [3.8, 4) is 0 Å². The molecule has 1 aliphatic rings. The Balaban J connectivity index is 2.50. The van der Waals surface area contributed by atoms with Crippen LogP contribution in [0.3, 0.4) is 0 Å². The summed E-state index contributed by atoms with van der Waals surface area (Å²) in [5.41, 5.74) is -0.511. The predicted octanol–water partition coefficient (Wildman–Crippen LogP) is 2.12. The number of carbonyl (C=O) groups excluding carboxylic acids is 1. The number of hydrogen-bond donors (Lipinski definition) is 1. The third-order valence-electron chi connectivity index (χ3n) is 3.21. The molecule has 116 valence electrons. The first-order chi connectivity index (χ1) is 9.24. The number of aliphatic carboxylic acids is 1. The Hall–Kier alpha value is -1.30. The second-order valence-corrected chi connectivity index (χ2v) is 6.02. The van der Waals surface area contributed by atoms with Gasteiger partial charge in [-0.05, 0) is 46.5 Å². The second kappa shape index (κ2) is 6.92. The number of piperidine rings is 1. The number of amides is 1. The molecule has 1 fully saturated rings. The molecule has 20 heavy (non-hydrogen) atoms. The molecule has 0 aromatic carbocycles. The van der Waals surface area contributed by atoms with E-state index in [0.717, 1.165) is 0 Å². The molecule has 6 heteroatoms. The van der Waals surface area contributed by atoms with E-state index in [4.69, 9.17) is 14.6 Å². The summed E-state index contributed by atoms with van der Waals surface area (Å²) >= 11 is 0. The predicted molar refractivity (Wildman–Crippen MR) is 73.6 cm³/mol. The average Bonchev–Trinajstić information content (AvgIpc) is 2.33. The number of hydrogen-bond acceptors (Lipinski definition) is 4. The van der Waals surface area contributed by atoms with Gasteiger partial charge in [0.05, 0.1) is 0 Å². The number of carboxylic acid groups (broad SMARTS) is 1. The van der Waals surface area contributed by atoms with Gasteiger partial charge in [0.2, 0.25) is 0 Å². The Morgan fingerprint density at radius 2 is 1.85 bits per heavy atom. The van der Waals surface area contributed by atoms with Gasteiger partial charge in [-0.1, -0.05) is 0 Å². The number of ether oxygens (including phenoxy) is 2. The summed E-state index contributed by atoms with van der Waals surface area (Å²) in [6.07, 6.45) is 0.131. The SMILES string of the molecule is CCOC(C(=O)O)C1CCN(C(=O)OC(C)(C)C)CC1. The molecule has 1 heterocycles. The van der Waals surface area contributed by atoms with Crippen LogP contribution in [0.1, 0.15) is 40.5 Å². The third kappa shape index (κ3) is 5.00. The van der Waals surface area contributed by atoms with E-state index >= 15 is 0 Å². The van der Waals surface area contributed by atoms with E-state index in [9.17, 15) is 9.59 Å². The molecule has 1 rings (SSSR count). The van der Waals surface area contributed by atoms with E-state index < -0.39 is 17.7 Å². The first-order valence-corrected chi connectivity index (χ1v) is 7.07. The van der Waals surface area contributed by atoms with Crippen LogP contribution in [-0.4, -0.2) is 53.5 Å². The van der Waals surface area contributed by atoms with Gasteiger partial charge in [-0.2, -0.15) is 0 Å². The zero-order valence-corrected chi connectivity index (χ0v) is 12.7. The minimum atomic E-state index is -0.928. The molecule has 0 aliphatic carbocycles. The summed E-state index contributed by atoms with van der Waals surface area (Å²) in [7, 11) is 0. The maximum Gasteiger partial charge on any atom is 0.410 e. The Labute approximate surface area is 120 Å². The average molecular weight is 287 g/mol. The molecule has 1 amide bonds. The van der Waals surface area contributed by atoms with Crippen molar-refractivity contribution in [2.45, 2.75) is 52.2 Å². The Bertz CT molecular complexity index is 342. The molecule has 0 aromatic rings. The van der Waals surface area contributed by atoms with E-state index in [0.29, 0.717) is 32.5 Å². The highest BCUT2D eigenvalue weighted by Gasteiger charge is 2.34. The molecular weight excluding hydrogens is 262 g/mol. The van der Waals surface area contributed by atoms with Crippen LogP contribution < -0.4 is 0 Å². The molecule has 0 spiro atoms. The van der Waals surface area contributed by atoms with Crippen molar-refractivity contribution < 1.29 is 24.2 Å². The van der Waals surface area contributed by atoms with Gasteiger partial charge < -0.3 is 19.5 Å². The Morgan fingerprint density at radius 3 is 2.25 bits per heavy atom. The number of rotatable bonds is 4. The maximum absolute atomic E-state index is 11.9. The summed E-state index contributed by atoms with van der Waals surface area (Å²) in [6.45, 7) is 8.66. The molecule has 0 radical (unpaired) electrons. The molecule has 1 N–H and O–H groups in total. The topological polar surface area (TPSA) is 76.1 Å². The van der Waals surface area contributed by atoms with Crippen LogP contribution in [0.15, 0.2) is 0 Å². The standard InChI is InChI=1S/C14H25NO5/c1-5-19-11(12(16)17)10-6-8-15(9-7-10)13(18)20-14(2,3)4/h10-11H,5-9H2,1-4H3,(H,16,17). The molecular formula is C14H25NO5. The van der Waals surface area contributed by atoms with E-state index in [1.807, 2.05) is 20.8 Å². The molecule has 0 saturated carbocycles. The number of nitrogens with zero attached hydrogens (tertiary/aromatic N) is 1. The zero-order valence-electron chi connectivity index (χ0n) is 12.7. The summed E-state index contributed by atoms with van der Waals surface area (Å²) < 4.78 is 10.6. The lowest BCUT2D eigenvalue weighted by molar-refractivity contribution is -0.155. The van der Waals surface area contributed by atoms with Gasteiger partial charge >= 0.3 is 12.1 Å². The quantitative estimate of drug-likeness (QED) is 0.857. The normalized spacial score (nSPS) is 18.7. The summed E-state index contributed by atoms with van der Waals surface area (Å²) in [5.74, 6) is -0.978. The molecule has 1 atom stereocenters. The Morgan fingerprint density at radius 1 is 1.30 bits per heavy atom. The van der Waals surface area contributed by atoms with Gasteiger partial charge in [0.15, 0.2) is 6.10 Å². The molecule has 1 saturated heterocycles. The van der Waals surface area contributed by atoms with E-state index in [-0.39, 0.29) is 12.0 Å². The van der Waals surface area contributed by atoms with Crippen molar-refractivity contribution in [3.63, 3.8) is 0 Å². The van der Waals surface area contributed by atoms with Crippen LogP contribution in [0.4, 0.5) is 4.79 Å². The highest BCUT2D eigenvalue weighted by molar-refractivity contribution is 5.73. The van der Waals surface area contributed by atoms with Gasteiger partial charge in [0, 0.05) is 19.7 Å². The lowest BCUT2D eigenvalue weighted by Gasteiger charge is -2.35. The highest BCUT2D eigenvalue weighted by Crippen LogP contribution is 2.24. The number of carboxylic acids is 1. The minimum absolute atomic E-state index is 0.0499. The maximum atomic E-state index is 11.9. The van der Waals surface area contributed by atoms with Crippen LogP contribution in [0.25, 0.3) is 0 Å². The fourth-order valence-corrected chi connectivity index (χ4v) is 2.30. The van der Waals surface area contributed by atoms with Crippen LogP contribution in [0.2, 0.25) is 0 Å². The van der Waals surface area contributed by atoms with Crippen molar-refractivity contribution in [2.24, 2.45) is 5.92 Å². The van der Waals surface area contributed by atoms with Crippen molar-refractivity contribution in [3.05, 3.63) is 0 Å². The van der Waals surface area contributed by atoms with Gasteiger partial charge in [0.1, 0.15) is 5.60 Å². The van der Waals surface area contributed by atoms with Crippen molar-refractivity contribution >= 4 is 12.1 Å². The lowest BCUT2D eigenvalue weighted by Crippen LogP contribution is -2.45. The van der Waals surface area contributed by atoms with Gasteiger partial charge in [0.25, 0.3) is 0 Å². The molecule has 0 aromatic heterocycles. The molecule has 1 aliphatic heterocycles. The summed E-state index contributed by atoms with van der Waals surface area (Å²) in [5, 5.41) is 9.15. The number of carbonyl (C=O) groups is 2. The van der Waals surface area contributed by atoms with Crippen LogP contribution in [0.5, 0.6) is 0 Å². The third-order valence-corrected chi connectivity index (χ3v) is 3.21. The molecule has 6 nitrogen and oxygen atoms in total. The van der Waals surface area contributed by atoms with Gasteiger partial charge in [-0.3, -0.25) is 0 Å². The highest BCUT2D eigenvalue weighted by atomic mass is 16.6. The van der Waals surface area contributed by atoms with Crippen LogP contribution in [0, 0.1) is 5.92 Å². The van der Waals surface area contributed by atoms with Gasteiger partial charge in [-0.25, -0.2) is 9.59 Å². The number of likely N-dealkylation sites (tertiary alicyclic amines) is 1. The van der Waals surface area contributed by atoms with Gasteiger partial charge in [-0.15, -0.1) is 0 Å². The largest absolute Gasteiger partial charge is 0.479 e. The fourth-order valence-electron chi connectivity index (χ4n) is 2.30. The molecule has 0 bridgehead atoms. The lowest BCUT2D eigenvalue weighted by atomic mass is 9.91. The van der Waals surface area contributed by atoms with E-state index in [1.165, 1.54) is 0 Å². The smallest absolute Gasteiger partial charge is 0.410 e. The first-order valence-electron chi connectivity index (χ1n) is 7.07. The minimum Gasteiger partial charge on any atom is -0.479 e. The monoisotopic (exact) mass is 287 g/mol. The first kappa shape index (κ1) is 16.8. The summed E-state index contributed by atoms with van der Waals surface area (Å²) in [6, 6.07) is 0. The zero-order chi connectivity index (χ0) is 15.3. The van der Waals surface area contributed by atoms with E-state index in [2.05, 4.69) is 0 Å². The van der Waals surface area contributed by atoms with Crippen molar-refractivity contribution in [1.82, 2.24) is 4.90 Å². The Kier molecular flexibility index (Phi) is 5.80. The second-order valence-electron chi connectivity index (χ2n) is 6.02.